The lowest BCUT2D eigenvalue weighted by Crippen LogP contribution is -2.61. The Hall–Kier alpha value is -2.35. The van der Waals surface area contributed by atoms with Gasteiger partial charge in [0.05, 0.1) is 28.0 Å². The lowest BCUT2D eigenvalue weighted by Gasteiger charge is -2.48. The lowest BCUT2D eigenvalue weighted by atomic mass is 9.89. The molecule has 32 heavy (non-hydrogen) atoms. The summed E-state index contributed by atoms with van der Waals surface area (Å²) in [6.45, 7) is 4.13. The summed E-state index contributed by atoms with van der Waals surface area (Å²) in [5.74, 6) is -0.127. The minimum Gasteiger partial charge on any atom is -0.356 e. The summed E-state index contributed by atoms with van der Waals surface area (Å²) in [5.41, 5.74) is 1.42. The quantitative estimate of drug-likeness (QED) is 0.517. The highest BCUT2D eigenvalue weighted by Crippen LogP contribution is 2.42. The number of urea groups is 1. The monoisotopic (exact) mass is 476 g/mol. The van der Waals surface area contributed by atoms with Gasteiger partial charge in [-0.3, -0.25) is 9.80 Å². The van der Waals surface area contributed by atoms with Gasteiger partial charge in [-0.05, 0) is 43.5 Å². The fraction of sp³-hybridized carbons (Fsp3) is 0.391. The van der Waals surface area contributed by atoms with Crippen LogP contribution in [-0.2, 0) is 0 Å². The number of likely N-dealkylation sites (tertiary alicyclic amines) is 1. The van der Waals surface area contributed by atoms with Gasteiger partial charge in [-0.15, -0.1) is 0 Å². The minimum atomic E-state index is -0.536. The van der Waals surface area contributed by atoms with Crippen molar-refractivity contribution in [2.24, 2.45) is 0 Å². The Labute approximate surface area is 195 Å². The van der Waals surface area contributed by atoms with Crippen LogP contribution < -0.4 is 10.2 Å². The van der Waals surface area contributed by atoms with E-state index in [-0.39, 0.29) is 17.8 Å². The fourth-order valence-electron chi connectivity index (χ4n) is 5.12. The highest BCUT2D eigenvalue weighted by molar-refractivity contribution is 6.44. The van der Waals surface area contributed by atoms with Crippen molar-refractivity contribution in [2.75, 3.05) is 24.5 Å². The second-order valence-electron chi connectivity index (χ2n) is 8.37. The van der Waals surface area contributed by atoms with E-state index in [1.807, 2.05) is 6.07 Å². The number of amides is 2. The van der Waals surface area contributed by atoms with Crippen LogP contribution in [0.25, 0.3) is 11.0 Å². The predicted molar refractivity (Wildman–Crippen MR) is 123 cm³/mol. The van der Waals surface area contributed by atoms with Gasteiger partial charge in [0.25, 0.3) is 0 Å². The Bertz CT molecular complexity index is 1180. The highest BCUT2D eigenvalue weighted by Gasteiger charge is 2.50. The molecule has 0 saturated carbocycles. The second-order valence-corrected chi connectivity index (χ2v) is 9.16. The van der Waals surface area contributed by atoms with Crippen molar-refractivity contribution in [3.8, 4) is 0 Å². The van der Waals surface area contributed by atoms with Gasteiger partial charge >= 0.3 is 6.03 Å². The van der Waals surface area contributed by atoms with Gasteiger partial charge in [-0.25, -0.2) is 9.18 Å². The number of carbonyl (C=O) groups excluding carboxylic acids is 1. The van der Waals surface area contributed by atoms with Gasteiger partial charge in [0.1, 0.15) is 11.5 Å². The summed E-state index contributed by atoms with van der Waals surface area (Å²) in [6.07, 6.45) is 2.43. The average molecular weight is 477 g/mol. The molecule has 6 nitrogen and oxygen atoms in total. The summed E-state index contributed by atoms with van der Waals surface area (Å²) < 4.78 is 18.9. The van der Waals surface area contributed by atoms with Crippen molar-refractivity contribution in [3.63, 3.8) is 0 Å². The van der Waals surface area contributed by atoms with Gasteiger partial charge in [0, 0.05) is 30.5 Å². The first-order valence-corrected chi connectivity index (χ1v) is 11.5. The first kappa shape index (κ1) is 21.5. The van der Waals surface area contributed by atoms with E-state index in [0.717, 1.165) is 43.4 Å². The van der Waals surface area contributed by atoms with Crippen molar-refractivity contribution >= 4 is 45.9 Å². The van der Waals surface area contributed by atoms with E-state index >= 15 is 0 Å². The Kier molecular flexibility index (Phi) is 5.51. The maximum Gasteiger partial charge on any atom is 0.323 e. The summed E-state index contributed by atoms with van der Waals surface area (Å²) in [4.78, 5) is 17.0. The number of hydrogen-bond acceptors (Lipinski definition) is 4. The summed E-state index contributed by atoms with van der Waals surface area (Å²) in [5, 5.41) is 8.90. The van der Waals surface area contributed by atoms with E-state index in [9.17, 15) is 9.18 Å². The molecule has 9 heteroatoms. The SMILES string of the molecule is CCC1(N2CCC(c3noc4cc(F)ccc34)CC2)CNC(=O)N1c1cccc(Cl)c1Cl. The second kappa shape index (κ2) is 8.21. The zero-order valence-corrected chi connectivity index (χ0v) is 19.1. The van der Waals surface area contributed by atoms with Gasteiger partial charge < -0.3 is 9.84 Å². The third-order valence-electron chi connectivity index (χ3n) is 6.81. The van der Waals surface area contributed by atoms with E-state index in [0.29, 0.717) is 27.9 Å². The summed E-state index contributed by atoms with van der Waals surface area (Å²) >= 11 is 12.8. The molecule has 2 aliphatic rings. The van der Waals surface area contributed by atoms with Crippen LogP contribution in [0, 0.1) is 5.82 Å². The largest absolute Gasteiger partial charge is 0.356 e. The zero-order valence-electron chi connectivity index (χ0n) is 17.6. The van der Waals surface area contributed by atoms with Crippen LogP contribution in [0.2, 0.25) is 10.0 Å². The van der Waals surface area contributed by atoms with E-state index in [4.69, 9.17) is 27.7 Å². The maximum absolute atomic E-state index is 13.5. The molecule has 1 atom stereocenters. The molecule has 1 N–H and O–H groups in total. The fourth-order valence-corrected chi connectivity index (χ4v) is 5.50. The number of halogens is 3. The predicted octanol–water partition coefficient (Wildman–Crippen LogP) is 5.79. The number of rotatable bonds is 4. The molecule has 2 amide bonds. The first-order valence-electron chi connectivity index (χ1n) is 10.8. The molecule has 0 radical (unpaired) electrons. The lowest BCUT2D eigenvalue weighted by molar-refractivity contribution is 0.0731. The van der Waals surface area contributed by atoms with Crippen LogP contribution in [0.3, 0.4) is 0 Å². The van der Waals surface area contributed by atoms with Crippen molar-refractivity contribution < 1.29 is 13.7 Å². The molecule has 0 bridgehead atoms. The number of aromatic nitrogens is 1. The van der Waals surface area contributed by atoms with Crippen molar-refractivity contribution in [1.82, 2.24) is 15.4 Å². The van der Waals surface area contributed by atoms with E-state index in [1.165, 1.54) is 12.1 Å². The van der Waals surface area contributed by atoms with Gasteiger partial charge in [-0.2, -0.15) is 0 Å². The number of piperidine rings is 1. The average Bonchev–Trinajstić information content (AvgIpc) is 3.37. The number of fused-ring (bicyclic) bond motifs is 1. The van der Waals surface area contributed by atoms with Crippen LogP contribution in [0.1, 0.15) is 37.8 Å². The Morgan fingerprint density at radius 1 is 1.25 bits per heavy atom. The zero-order chi connectivity index (χ0) is 22.5. The molecule has 2 aromatic carbocycles. The Morgan fingerprint density at radius 3 is 2.78 bits per heavy atom. The van der Waals surface area contributed by atoms with Crippen LogP contribution in [0.4, 0.5) is 14.9 Å². The third-order valence-corrected chi connectivity index (χ3v) is 7.62. The smallest absolute Gasteiger partial charge is 0.323 e. The minimum absolute atomic E-state index is 0.178. The number of benzene rings is 2. The molecule has 0 spiro atoms. The molecule has 1 unspecified atom stereocenters. The molecule has 0 aliphatic carbocycles. The molecular formula is C23H23Cl2FN4O2. The van der Waals surface area contributed by atoms with E-state index in [1.54, 1.807) is 23.1 Å². The Morgan fingerprint density at radius 2 is 2.03 bits per heavy atom. The maximum atomic E-state index is 13.5. The third kappa shape index (κ3) is 3.34. The summed E-state index contributed by atoms with van der Waals surface area (Å²) in [7, 11) is 0. The molecule has 168 valence electrons. The number of hydrogen-bond donors (Lipinski definition) is 1. The molecule has 1 aromatic heterocycles. The topological polar surface area (TPSA) is 61.6 Å². The van der Waals surface area contributed by atoms with Crippen molar-refractivity contribution in [1.29, 1.82) is 0 Å². The van der Waals surface area contributed by atoms with E-state index < -0.39 is 5.66 Å². The van der Waals surface area contributed by atoms with Gasteiger partial charge in [0.15, 0.2) is 5.58 Å². The molecular weight excluding hydrogens is 454 g/mol. The van der Waals surface area contributed by atoms with Gasteiger partial charge in [0.2, 0.25) is 0 Å². The molecule has 3 heterocycles. The molecule has 2 saturated heterocycles. The normalized spacial score (nSPS) is 22.6. The number of carbonyl (C=O) groups is 1. The van der Waals surface area contributed by atoms with Crippen LogP contribution in [0.5, 0.6) is 0 Å². The highest BCUT2D eigenvalue weighted by atomic mass is 35.5. The number of nitrogens with zero attached hydrogens (tertiary/aromatic N) is 3. The molecule has 2 aliphatic heterocycles. The molecule has 5 rings (SSSR count). The van der Waals surface area contributed by atoms with Crippen LogP contribution in [0.15, 0.2) is 40.9 Å². The van der Waals surface area contributed by atoms with Crippen LogP contribution in [-0.4, -0.2) is 41.4 Å². The molecule has 3 aromatic rings. The standard InChI is InChI=1S/C23H23Cl2FN4O2/c1-2-23(13-27-22(31)30(23)18-5-3-4-17(24)20(18)25)29-10-8-14(9-11-29)21-16-7-6-15(26)12-19(16)32-28-21/h3-7,12,14H,2,8-11,13H2,1H3,(H,27,31). The van der Waals surface area contributed by atoms with Crippen molar-refractivity contribution in [2.45, 2.75) is 37.8 Å². The van der Waals surface area contributed by atoms with Gasteiger partial charge in [-0.1, -0.05) is 41.3 Å². The van der Waals surface area contributed by atoms with E-state index in [2.05, 4.69) is 22.3 Å². The van der Waals surface area contributed by atoms with Crippen LogP contribution >= 0.6 is 23.2 Å². The van der Waals surface area contributed by atoms with Crippen molar-refractivity contribution in [3.05, 3.63) is 58.0 Å². The Balaban J connectivity index is 1.41. The summed E-state index contributed by atoms with van der Waals surface area (Å²) in [6, 6.07) is 9.72. The number of nitrogens with one attached hydrogen (secondary N) is 1. The number of anilines is 1. The first-order chi connectivity index (χ1) is 15.4. The molecule has 2 fully saturated rings.